The monoisotopic (exact) mass is 376 g/mol. The molecule has 1 amide bonds. The summed E-state index contributed by atoms with van der Waals surface area (Å²) in [5, 5.41) is 14.0. The van der Waals surface area contributed by atoms with Crippen LogP contribution in [0.25, 0.3) is 0 Å². The van der Waals surface area contributed by atoms with E-state index in [1.807, 2.05) is 18.7 Å². The molecule has 1 aliphatic carbocycles. The van der Waals surface area contributed by atoms with E-state index in [4.69, 9.17) is 4.52 Å². The van der Waals surface area contributed by atoms with E-state index in [2.05, 4.69) is 15.0 Å². The fourth-order valence-electron chi connectivity index (χ4n) is 4.96. The molecule has 3 fully saturated rings. The number of rotatable bonds is 5. The van der Waals surface area contributed by atoms with Crippen LogP contribution < -0.4 is 0 Å². The molecule has 2 aliphatic heterocycles. The van der Waals surface area contributed by atoms with E-state index < -0.39 is 11.4 Å². The Kier molecular flexibility index (Phi) is 4.70. The van der Waals surface area contributed by atoms with Crippen LogP contribution in [-0.2, 0) is 16.1 Å². The molecule has 3 heterocycles. The Balaban J connectivity index is 1.44. The molecular formula is C19H28N4O4. The summed E-state index contributed by atoms with van der Waals surface area (Å²) < 4.78 is 5.25. The van der Waals surface area contributed by atoms with Crippen LogP contribution in [0, 0.1) is 17.3 Å². The standard InChI is InChI=1S/C19H28N4O4/c1-12(2)16-20-15(21-27-16)9-22-7-14-8-23(11-19(14,10-22)18(25)26)17(24)13-5-3-4-6-13/h12-14H,3-11H2,1-2H3,(H,25,26)/t14-,19-/m0/s1. The molecule has 1 aromatic heterocycles. The summed E-state index contributed by atoms with van der Waals surface area (Å²) in [7, 11) is 0. The molecule has 1 aromatic rings. The molecule has 0 bridgehead atoms. The van der Waals surface area contributed by atoms with Gasteiger partial charge in [0.05, 0.1) is 6.54 Å². The van der Waals surface area contributed by atoms with Gasteiger partial charge in [-0.15, -0.1) is 0 Å². The number of carbonyl (C=O) groups excluding carboxylic acids is 1. The third kappa shape index (κ3) is 3.24. The lowest BCUT2D eigenvalue weighted by Gasteiger charge is -2.26. The first-order chi connectivity index (χ1) is 12.9. The number of carboxylic acid groups (broad SMARTS) is 1. The zero-order valence-electron chi connectivity index (χ0n) is 16.1. The second-order valence-electron chi connectivity index (χ2n) is 8.73. The van der Waals surface area contributed by atoms with Gasteiger partial charge in [0.2, 0.25) is 11.8 Å². The van der Waals surface area contributed by atoms with Gasteiger partial charge in [0, 0.05) is 43.9 Å². The Hall–Kier alpha value is -1.96. The van der Waals surface area contributed by atoms with Gasteiger partial charge in [-0.1, -0.05) is 31.8 Å². The van der Waals surface area contributed by atoms with Crippen molar-refractivity contribution < 1.29 is 19.2 Å². The quantitative estimate of drug-likeness (QED) is 0.835. The van der Waals surface area contributed by atoms with E-state index in [0.29, 0.717) is 44.4 Å². The maximum absolute atomic E-state index is 12.8. The number of amides is 1. The lowest BCUT2D eigenvalue weighted by atomic mass is 9.81. The summed E-state index contributed by atoms with van der Waals surface area (Å²) in [5.74, 6) is 0.784. The number of hydrogen-bond donors (Lipinski definition) is 1. The van der Waals surface area contributed by atoms with Gasteiger partial charge in [0.15, 0.2) is 5.82 Å². The molecule has 3 aliphatic rings. The van der Waals surface area contributed by atoms with Crippen molar-refractivity contribution in [3.63, 3.8) is 0 Å². The summed E-state index contributed by atoms with van der Waals surface area (Å²) in [6.07, 6.45) is 4.10. The first-order valence-corrected chi connectivity index (χ1v) is 9.96. The lowest BCUT2D eigenvalue weighted by Crippen LogP contribution is -2.43. The molecule has 8 heteroatoms. The summed E-state index contributed by atoms with van der Waals surface area (Å²) >= 11 is 0. The Morgan fingerprint density at radius 3 is 2.59 bits per heavy atom. The average molecular weight is 376 g/mol. The van der Waals surface area contributed by atoms with E-state index in [0.717, 1.165) is 25.7 Å². The van der Waals surface area contributed by atoms with Crippen molar-refractivity contribution in [3.05, 3.63) is 11.7 Å². The van der Waals surface area contributed by atoms with E-state index >= 15 is 0 Å². The molecule has 0 unspecified atom stereocenters. The Morgan fingerprint density at radius 1 is 1.26 bits per heavy atom. The maximum atomic E-state index is 12.8. The fraction of sp³-hybridized carbons (Fsp3) is 0.789. The van der Waals surface area contributed by atoms with E-state index in [-0.39, 0.29) is 23.7 Å². The van der Waals surface area contributed by atoms with Crippen molar-refractivity contribution in [2.24, 2.45) is 17.3 Å². The minimum Gasteiger partial charge on any atom is -0.481 e. The third-order valence-corrected chi connectivity index (χ3v) is 6.46. The minimum absolute atomic E-state index is 0.0446. The third-order valence-electron chi connectivity index (χ3n) is 6.46. The number of hydrogen-bond acceptors (Lipinski definition) is 6. The lowest BCUT2D eigenvalue weighted by molar-refractivity contribution is -0.149. The van der Waals surface area contributed by atoms with Crippen LogP contribution in [0.5, 0.6) is 0 Å². The Labute approximate surface area is 158 Å². The van der Waals surface area contributed by atoms with Crippen molar-refractivity contribution in [2.75, 3.05) is 26.2 Å². The molecule has 0 radical (unpaired) electrons. The van der Waals surface area contributed by atoms with Gasteiger partial charge in [-0.3, -0.25) is 14.5 Å². The molecule has 1 N–H and O–H groups in total. The van der Waals surface area contributed by atoms with Crippen LogP contribution in [0.4, 0.5) is 0 Å². The molecule has 0 aromatic carbocycles. The predicted molar refractivity (Wildman–Crippen MR) is 95.8 cm³/mol. The minimum atomic E-state index is -0.876. The van der Waals surface area contributed by atoms with Gasteiger partial charge in [-0.05, 0) is 12.8 Å². The number of aromatic nitrogens is 2. The molecule has 0 spiro atoms. The van der Waals surface area contributed by atoms with Crippen LogP contribution >= 0.6 is 0 Å². The molecule has 2 saturated heterocycles. The van der Waals surface area contributed by atoms with Gasteiger partial charge < -0.3 is 14.5 Å². The van der Waals surface area contributed by atoms with E-state index in [1.54, 1.807) is 0 Å². The second-order valence-corrected chi connectivity index (χ2v) is 8.73. The van der Waals surface area contributed by atoms with Gasteiger partial charge in [0.1, 0.15) is 5.41 Å². The van der Waals surface area contributed by atoms with Gasteiger partial charge >= 0.3 is 5.97 Å². The number of carboxylic acids is 1. The second kappa shape index (κ2) is 6.89. The van der Waals surface area contributed by atoms with Crippen molar-refractivity contribution >= 4 is 11.9 Å². The molecule has 4 rings (SSSR count). The Bertz CT molecular complexity index is 727. The molecule has 1 saturated carbocycles. The van der Waals surface area contributed by atoms with Gasteiger partial charge in [0.25, 0.3) is 0 Å². The van der Waals surface area contributed by atoms with E-state index in [1.165, 1.54) is 0 Å². The van der Waals surface area contributed by atoms with Crippen LogP contribution in [0.3, 0.4) is 0 Å². The maximum Gasteiger partial charge on any atom is 0.313 e. The highest BCUT2D eigenvalue weighted by Crippen LogP contribution is 2.44. The summed E-state index contributed by atoms with van der Waals surface area (Å²) in [5.41, 5.74) is -0.876. The number of fused-ring (bicyclic) bond motifs is 1. The van der Waals surface area contributed by atoms with Crippen molar-refractivity contribution in [2.45, 2.75) is 52.0 Å². The number of aliphatic carboxylic acids is 1. The normalized spacial score (nSPS) is 29.0. The topological polar surface area (TPSA) is 99.8 Å². The summed E-state index contributed by atoms with van der Waals surface area (Å²) in [6, 6.07) is 0. The first-order valence-electron chi connectivity index (χ1n) is 9.96. The molecule has 2 atom stereocenters. The highest BCUT2D eigenvalue weighted by Gasteiger charge is 2.58. The largest absolute Gasteiger partial charge is 0.481 e. The number of carbonyl (C=O) groups is 2. The van der Waals surface area contributed by atoms with Crippen LogP contribution in [0.2, 0.25) is 0 Å². The average Bonchev–Trinajstić information content (AvgIpc) is 3.37. The van der Waals surface area contributed by atoms with E-state index in [9.17, 15) is 14.7 Å². The zero-order valence-corrected chi connectivity index (χ0v) is 16.1. The SMILES string of the molecule is CC(C)c1nc(CN2C[C@H]3CN(C(=O)C4CCCC4)C[C@@]3(C(=O)O)C2)no1. The van der Waals surface area contributed by atoms with Gasteiger partial charge in [-0.25, -0.2) is 0 Å². The number of likely N-dealkylation sites (tertiary alicyclic amines) is 2. The molecular weight excluding hydrogens is 348 g/mol. The molecule has 148 valence electrons. The van der Waals surface area contributed by atoms with Crippen molar-refractivity contribution in [3.8, 4) is 0 Å². The highest BCUT2D eigenvalue weighted by molar-refractivity contribution is 5.83. The number of nitrogens with zero attached hydrogens (tertiary/aromatic N) is 4. The molecule has 27 heavy (non-hydrogen) atoms. The van der Waals surface area contributed by atoms with Crippen LogP contribution in [0.1, 0.15) is 57.2 Å². The first kappa shape index (κ1) is 18.4. The summed E-state index contributed by atoms with van der Waals surface area (Å²) in [4.78, 5) is 33.2. The zero-order chi connectivity index (χ0) is 19.2. The van der Waals surface area contributed by atoms with Crippen molar-refractivity contribution in [1.29, 1.82) is 0 Å². The smallest absolute Gasteiger partial charge is 0.313 e. The fourth-order valence-corrected chi connectivity index (χ4v) is 4.96. The van der Waals surface area contributed by atoms with Crippen LogP contribution in [-0.4, -0.2) is 63.1 Å². The summed E-state index contributed by atoms with van der Waals surface area (Å²) in [6.45, 7) is 6.40. The van der Waals surface area contributed by atoms with Crippen molar-refractivity contribution in [1.82, 2.24) is 19.9 Å². The molecule has 8 nitrogen and oxygen atoms in total. The van der Waals surface area contributed by atoms with Crippen LogP contribution in [0.15, 0.2) is 4.52 Å². The Morgan fingerprint density at radius 2 is 2.00 bits per heavy atom. The highest BCUT2D eigenvalue weighted by atomic mass is 16.5. The predicted octanol–water partition coefficient (Wildman–Crippen LogP) is 1.73. The van der Waals surface area contributed by atoms with Gasteiger partial charge in [-0.2, -0.15) is 4.98 Å².